The lowest BCUT2D eigenvalue weighted by molar-refractivity contribution is -0.117. The van der Waals surface area contributed by atoms with Gasteiger partial charge in [-0.15, -0.1) is 0 Å². The molecule has 0 aliphatic carbocycles. The minimum Gasteiger partial charge on any atom is -0.496 e. The van der Waals surface area contributed by atoms with E-state index < -0.39 is 0 Å². The molecule has 1 rings (SSSR count). The first-order chi connectivity index (χ1) is 7.97. The van der Waals surface area contributed by atoms with Gasteiger partial charge in [-0.3, -0.25) is 0 Å². The van der Waals surface area contributed by atoms with E-state index in [4.69, 9.17) is 16.3 Å². The molecule has 0 fully saturated rings. The van der Waals surface area contributed by atoms with Crippen LogP contribution in [0.25, 0.3) is 0 Å². The molecule has 17 heavy (non-hydrogen) atoms. The van der Waals surface area contributed by atoms with Crippen LogP contribution < -0.4 is 4.74 Å². The molecule has 94 valence electrons. The number of ether oxygens (including phenoxy) is 1. The van der Waals surface area contributed by atoms with E-state index in [0.29, 0.717) is 6.42 Å². The van der Waals surface area contributed by atoms with Gasteiger partial charge < -0.3 is 9.53 Å². The number of aryl methyl sites for hydroxylation is 1. The topological polar surface area (TPSA) is 26.3 Å². The molecular weight excluding hydrogens is 236 g/mol. The Morgan fingerprint density at radius 3 is 2.59 bits per heavy atom. The monoisotopic (exact) mass is 254 g/mol. The Bertz CT molecular complexity index is 425. The third-order valence-corrected chi connectivity index (χ3v) is 3.34. The molecular formula is C14H19ClO2. The number of carbonyl (C=O) groups is 1. The molecule has 0 amide bonds. The van der Waals surface area contributed by atoms with Gasteiger partial charge in [0, 0.05) is 11.4 Å². The van der Waals surface area contributed by atoms with E-state index in [9.17, 15) is 4.79 Å². The van der Waals surface area contributed by atoms with Crippen LogP contribution in [-0.2, 0) is 11.2 Å². The summed E-state index contributed by atoms with van der Waals surface area (Å²) in [6.07, 6.45) is 2.27. The number of methoxy groups -OCH3 is 1. The molecule has 1 aromatic carbocycles. The second-order valence-electron chi connectivity index (χ2n) is 4.37. The predicted octanol–water partition coefficient (Wildman–Crippen LogP) is 3.88. The standard InChI is InChI=1S/C14H19ClO2/c1-9-8-13(15)11(3)12(14(9)17-4)7-5-6-10(2)16/h8H,5-7H2,1-4H3. The van der Waals surface area contributed by atoms with Crippen LogP contribution in [0.4, 0.5) is 0 Å². The Hall–Kier alpha value is -1.02. The van der Waals surface area contributed by atoms with Gasteiger partial charge in [-0.2, -0.15) is 0 Å². The van der Waals surface area contributed by atoms with Crippen molar-refractivity contribution in [2.45, 2.75) is 40.0 Å². The summed E-state index contributed by atoms with van der Waals surface area (Å²) in [7, 11) is 1.67. The Balaban J connectivity index is 2.99. The number of carbonyl (C=O) groups excluding carboxylic acids is 1. The summed E-state index contributed by atoms with van der Waals surface area (Å²) in [4.78, 5) is 10.9. The summed E-state index contributed by atoms with van der Waals surface area (Å²) in [5.41, 5.74) is 3.22. The fourth-order valence-corrected chi connectivity index (χ4v) is 2.29. The highest BCUT2D eigenvalue weighted by atomic mass is 35.5. The Morgan fingerprint density at radius 1 is 1.41 bits per heavy atom. The number of Topliss-reactive ketones (excluding diaryl/α,β-unsaturated/α-hetero) is 1. The maximum Gasteiger partial charge on any atom is 0.129 e. The predicted molar refractivity (Wildman–Crippen MR) is 71.1 cm³/mol. The maximum atomic E-state index is 10.9. The van der Waals surface area contributed by atoms with E-state index in [-0.39, 0.29) is 5.78 Å². The molecule has 0 saturated carbocycles. The van der Waals surface area contributed by atoms with Gasteiger partial charge in [-0.05, 0) is 56.4 Å². The summed E-state index contributed by atoms with van der Waals surface area (Å²) in [5.74, 6) is 1.12. The molecule has 3 heteroatoms. The van der Waals surface area contributed by atoms with Crippen LogP contribution in [0.3, 0.4) is 0 Å². The first kappa shape index (κ1) is 14.0. The maximum absolute atomic E-state index is 10.9. The van der Waals surface area contributed by atoms with Crippen molar-refractivity contribution in [2.24, 2.45) is 0 Å². The molecule has 0 unspecified atom stereocenters. The average molecular weight is 255 g/mol. The quantitative estimate of drug-likeness (QED) is 0.797. The van der Waals surface area contributed by atoms with E-state index in [1.54, 1.807) is 14.0 Å². The van der Waals surface area contributed by atoms with Crippen molar-refractivity contribution in [3.05, 3.63) is 27.8 Å². The van der Waals surface area contributed by atoms with Crippen molar-refractivity contribution in [3.63, 3.8) is 0 Å². The fraction of sp³-hybridized carbons (Fsp3) is 0.500. The molecule has 0 spiro atoms. The molecule has 2 nitrogen and oxygen atoms in total. The van der Waals surface area contributed by atoms with Crippen LogP contribution >= 0.6 is 11.6 Å². The second-order valence-corrected chi connectivity index (χ2v) is 4.77. The summed E-state index contributed by atoms with van der Waals surface area (Å²) < 4.78 is 5.43. The minimum absolute atomic E-state index is 0.223. The van der Waals surface area contributed by atoms with Gasteiger partial charge in [0.25, 0.3) is 0 Å². The normalized spacial score (nSPS) is 10.4. The van der Waals surface area contributed by atoms with Crippen molar-refractivity contribution >= 4 is 17.4 Å². The Morgan fingerprint density at radius 2 is 2.06 bits per heavy atom. The molecule has 0 aliphatic heterocycles. The van der Waals surface area contributed by atoms with Crippen LogP contribution in [0, 0.1) is 13.8 Å². The van der Waals surface area contributed by atoms with Crippen molar-refractivity contribution in [3.8, 4) is 5.75 Å². The number of ketones is 1. The van der Waals surface area contributed by atoms with Gasteiger partial charge >= 0.3 is 0 Å². The van der Waals surface area contributed by atoms with Gasteiger partial charge in [0.2, 0.25) is 0 Å². The first-order valence-corrected chi connectivity index (χ1v) is 6.17. The largest absolute Gasteiger partial charge is 0.496 e. The van der Waals surface area contributed by atoms with Crippen LogP contribution in [0.15, 0.2) is 6.07 Å². The van der Waals surface area contributed by atoms with E-state index in [0.717, 1.165) is 40.3 Å². The van der Waals surface area contributed by atoms with E-state index in [2.05, 4.69) is 0 Å². The molecule has 1 aromatic rings. The van der Waals surface area contributed by atoms with Crippen molar-refractivity contribution < 1.29 is 9.53 Å². The summed E-state index contributed by atoms with van der Waals surface area (Å²) in [5, 5.41) is 0.765. The lowest BCUT2D eigenvalue weighted by Crippen LogP contribution is -2.00. The van der Waals surface area contributed by atoms with Gasteiger partial charge in [0.15, 0.2) is 0 Å². The minimum atomic E-state index is 0.223. The van der Waals surface area contributed by atoms with Crippen LogP contribution in [0.2, 0.25) is 5.02 Å². The Labute approximate surface area is 108 Å². The zero-order chi connectivity index (χ0) is 13.0. The van der Waals surface area contributed by atoms with E-state index >= 15 is 0 Å². The molecule has 0 N–H and O–H groups in total. The van der Waals surface area contributed by atoms with E-state index in [1.807, 2.05) is 19.9 Å². The number of hydrogen-bond acceptors (Lipinski definition) is 2. The first-order valence-electron chi connectivity index (χ1n) is 5.79. The zero-order valence-corrected chi connectivity index (χ0v) is 11.6. The van der Waals surface area contributed by atoms with Crippen molar-refractivity contribution in [2.75, 3.05) is 7.11 Å². The molecule has 0 aromatic heterocycles. The third-order valence-electron chi connectivity index (χ3n) is 2.95. The number of halogens is 1. The highest BCUT2D eigenvalue weighted by Gasteiger charge is 2.13. The smallest absolute Gasteiger partial charge is 0.129 e. The summed E-state index contributed by atoms with van der Waals surface area (Å²) >= 11 is 6.17. The highest BCUT2D eigenvalue weighted by Crippen LogP contribution is 2.33. The second kappa shape index (κ2) is 6.06. The van der Waals surface area contributed by atoms with Gasteiger partial charge in [-0.1, -0.05) is 11.6 Å². The van der Waals surface area contributed by atoms with Crippen molar-refractivity contribution in [1.82, 2.24) is 0 Å². The third kappa shape index (κ3) is 3.47. The van der Waals surface area contributed by atoms with Crippen molar-refractivity contribution in [1.29, 1.82) is 0 Å². The van der Waals surface area contributed by atoms with E-state index in [1.165, 1.54) is 0 Å². The molecule has 0 aliphatic rings. The van der Waals surface area contributed by atoms with Gasteiger partial charge in [0.05, 0.1) is 7.11 Å². The SMILES string of the molecule is COc1c(C)cc(Cl)c(C)c1CCCC(C)=O. The zero-order valence-electron chi connectivity index (χ0n) is 10.9. The summed E-state index contributed by atoms with van der Waals surface area (Å²) in [6, 6.07) is 1.92. The van der Waals surface area contributed by atoms with Crippen LogP contribution in [-0.4, -0.2) is 12.9 Å². The molecule has 0 bridgehead atoms. The summed E-state index contributed by atoms with van der Waals surface area (Å²) in [6.45, 7) is 5.60. The van der Waals surface area contributed by atoms with Gasteiger partial charge in [0.1, 0.15) is 11.5 Å². The Kier molecular flexibility index (Phi) is 5.01. The van der Waals surface area contributed by atoms with Gasteiger partial charge in [-0.25, -0.2) is 0 Å². The fourth-order valence-electron chi connectivity index (χ4n) is 2.02. The molecule has 0 saturated heterocycles. The molecule has 0 heterocycles. The molecule has 0 atom stereocenters. The number of rotatable bonds is 5. The average Bonchev–Trinajstić information content (AvgIpc) is 2.24. The lowest BCUT2D eigenvalue weighted by Gasteiger charge is -2.15. The van der Waals surface area contributed by atoms with Crippen LogP contribution in [0.1, 0.15) is 36.5 Å². The highest BCUT2D eigenvalue weighted by molar-refractivity contribution is 6.31. The molecule has 0 radical (unpaired) electrons. The lowest BCUT2D eigenvalue weighted by atomic mass is 9.98. The number of benzene rings is 1. The van der Waals surface area contributed by atoms with Crippen LogP contribution in [0.5, 0.6) is 5.75 Å². The number of hydrogen-bond donors (Lipinski definition) is 0.